The average Bonchev–Trinajstić information content (AvgIpc) is 3.68. The van der Waals surface area contributed by atoms with E-state index in [-0.39, 0.29) is 36.4 Å². The van der Waals surface area contributed by atoms with E-state index in [0.717, 1.165) is 32.1 Å². The molecule has 2 saturated heterocycles. The second kappa shape index (κ2) is 12.8. The number of alkyl halides is 3. The Bertz CT molecular complexity index is 1480. The number of aromatic nitrogens is 7. The van der Waals surface area contributed by atoms with Crippen LogP contribution >= 0.6 is 0 Å². The fraction of sp³-hybridized carbons (Fsp3) is 0.690. The minimum atomic E-state index is -4.40. The predicted octanol–water partition coefficient (Wildman–Crippen LogP) is 3.54. The molecule has 15 heteroatoms. The normalized spacial score (nSPS) is 23.0. The molecule has 6 rings (SSSR count). The van der Waals surface area contributed by atoms with Crippen LogP contribution in [-0.4, -0.2) is 72.1 Å². The van der Waals surface area contributed by atoms with Crippen LogP contribution in [0, 0.1) is 17.8 Å². The molecular weight excluding hydrogens is 579 g/mol. The molecular formula is C29H38F3N9O3. The summed E-state index contributed by atoms with van der Waals surface area (Å²) >= 11 is 0. The number of nitrogens with one attached hydrogen (secondary N) is 2. The summed E-state index contributed by atoms with van der Waals surface area (Å²) in [5, 5.41) is 14.5. The molecule has 3 aromatic rings. The third-order valence-corrected chi connectivity index (χ3v) is 9.25. The SMILES string of the molecule is CCn1ncnc1C(=O)N[C@H](c1cn2nc(C[C@H]3C[C@@H](C(F)(F)F)CNC3=O)c(C3CCOCC3)nc2n1)C1CCCCC1. The van der Waals surface area contributed by atoms with Gasteiger partial charge in [0.1, 0.15) is 6.33 Å². The van der Waals surface area contributed by atoms with Crippen molar-refractivity contribution in [2.45, 2.75) is 89.4 Å². The molecule has 0 spiro atoms. The summed E-state index contributed by atoms with van der Waals surface area (Å²) in [5.74, 6) is -2.54. The molecule has 3 fully saturated rings. The van der Waals surface area contributed by atoms with Gasteiger partial charge in [0.05, 0.1) is 35.2 Å². The number of hydrogen-bond donors (Lipinski definition) is 2. The first-order valence-corrected chi connectivity index (χ1v) is 15.6. The van der Waals surface area contributed by atoms with Crippen LogP contribution < -0.4 is 10.6 Å². The number of halogens is 3. The van der Waals surface area contributed by atoms with Crippen molar-refractivity contribution < 1.29 is 27.5 Å². The van der Waals surface area contributed by atoms with E-state index in [4.69, 9.17) is 19.8 Å². The number of carbonyl (C=O) groups is 2. The maximum absolute atomic E-state index is 13.6. The Balaban J connectivity index is 1.35. The molecule has 3 aliphatic rings. The van der Waals surface area contributed by atoms with Crippen molar-refractivity contribution >= 4 is 17.6 Å². The van der Waals surface area contributed by atoms with Gasteiger partial charge in [0.15, 0.2) is 0 Å². The topological polar surface area (TPSA) is 141 Å². The molecule has 2 aliphatic heterocycles. The summed E-state index contributed by atoms with van der Waals surface area (Å²) < 4.78 is 49.3. The van der Waals surface area contributed by atoms with Crippen molar-refractivity contribution in [2.75, 3.05) is 19.8 Å². The first kappa shape index (κ1) is 30.4. The van der Waals surface area contributed by atoms with Crippen molar-refractivity contribution in [1.29, 1.82) is 0 Å². The van der Waals surface area contributed by atoms with Crippen LogP contribution in [0.4, 0.5) is 13.2 Å². The highest BCUT2D eigenvalue weighted by Gasteiger charge is 2.45. The van der Waals surface area contributed by atoms with Crippen LogP contribution in [0.25, 0.3) is 5.78 Å². The summed E-state index contributed by atoms with van der Waals surface area (Å²) in [7, 11) is 0. The molecule has 2 amide bonds. The molecule has 0 bridgehead atoms. The molecule has 3 aromatic heterocycles. The monoisotopic (exact) mass is 617 g/mol. The van der Waals surface area contributed by atoms with Crippen LogP contribution in [0.1, 0.15) is 98.0 Å². The van der Waals surface area contributed by atoms with Gasteiger partial charge >= 0.3 is 6.18 Å². The molecule has 44 heavy (non-hydrogen) atoms. The largest absolute Gasteiger partial charge is 0.393 e. The minimum Gasteiger partial charge on any atom is -0.381 e. The minimum absolute atomic E-state index is 0.0179. The maximum atomic E-state index is 13.6. The molecule has 3 atom stereocenters. The maximum Gasteiger partial charge on any atom is 0.393 e. The first-order valence-electron chi connectivity index (χ1n) is 15.6. The molecule has 1 aliphatic carbocycles. The molecule has 1 saturated carbocycles. The second-order valence-electron chi connectivity index (χ2n) is 12.1. The van der Waals surface area contributed by atoms with E-state index in [2.05, 4.69) is 20.7 Å². The van der Waals surface area contributed by atoms with Gasteiger partial charge in [-0.3, -0.25) is 9.59 Å². The van der Waals surface area contributed by atoms with Crippen molar-refractivity contribution in [3.05, 3.63) is 35.4 Å². The molecule has 0 radical (unpaired) electrons. The summed E-state index contributed by atoms with van der Waals surface area (Å²) in [6.07, 6.45) is 4.90. The van der Waals surface area contributed by atoms with E-state index in [0.29, 0.717) is 55.5 Å². The number of aryl methyl sites for hydroxylation is 1. The number of ether oxygens (including phenoxy) is 1. The highest BCUT2D eigenvalue weighted by atomic mass is 19.4. The van der Waals surface area contributed by atoms with Crippen LogP contribution in [-0.2, 0) is 22.5 Å². The Labute approximate surface area is 252 Å². The fourth-order valence-electron chi connectivity index (χ4n) is 6.81. The highest BCUT2D eigenvalue weighted by Crippen LogP contribution is 2.37. The Kier molecular flexibility index (Phi) is 8.83. The highest BCUT2D eigenvalue weighted by molar-refractivity contribution is 5.90. The lowest BCUT2D eigenvalue weighted by atomic mass is 9.82. The van der Waals surface area contributed by atoms with Crippen molar-refractivity contribution in [3.8, 4) is 0 Å². The number of hydrogen-bond acceptors (Lipinski definition) is 8. The standard InChI is InChI=1S/C29H38F3N9O3/c1-2-40-25(34-16-35-40)27(43)37-24(17-6-4-3-5-7-17)22-15-41-28(36-22)38-23(18-8-10-44-11-9-18)21(39-41)13-19-12-20(29(30,31)32)14-33-26(19)42/h15-20,24H,2-14H2,1H3,(H,33,42)(H,37,43)/t19-,20-,24+/m1/s1. The van der Waals surface area contributed by atoms with Gasteiger partial charge in [0.25, 0.3) is 11.7 Å². The first-order chi connectivity index (χ1) is 21.2. The zero-order valence-electron chi connectivity index (χ0n) is 24.7. The molecule has 2 N–H and O–H groups in total. The van der Waals surface area contributed by atoms with E-state index in [9.17, 15) is 22.8 Å². The van der Waals surface area contributed by atoms with Gasteiger partial charge in [-0.2, -0.15) is 23.4 Å². The fourth-order valence-corrected chi connectivity index (χ4v) is 6.81. The second-order valence-corrected chi connectivity index (χ2v) is 12.1. The van der Waals surface area contributed by atoms with Gasteiger partial charge in [0, 0.05) is 44.6 Å². The third-order valence-electron chi connectivity index (χ3n) is 9.25. The smallest absolute Gasteiger partial charge is 0.381 e. The van der Waals surface area contributed by atoms with Crippen LogP contribution in [0.5, 0.6) is 0 Å². The molecule has 5 heterocycles. The third kappa shape index (κ3) is 6.42. The molecule has 12 nitrogen and oxygen atoms in total. The lowest BCUT2D eigenvalue weighted by molar-refractivity contribution is -0.183. The summed E-state index contributed by atoms with van der Waals surface area (Å²) in [4.78, 5) is 40.0. The lowest BCUT2D eigenvalue weighted by Crippen LogP contribution is -2.47. The Morgan fingerprint density at radius 1 is 1.16 bits per heavy atom. The predicted molar refractivity (Wildman–Crippen MR) is 150 cm³/mol. The van der Waals surface area contributed by atoms with Gasteiger partial charge in [-0.05, 0) is 44.9 Å². The average molecular weight is 618 g/mol. The van der Waals surface area contributed by atoms with Gasteiger partial charge in [-0.1, -0.05) is 19.3 Å². The number of rotatable bonds is 8. The number of fused-ring (bicyclic) bond motifs is 1. The number of amides is 2. The summed E-state index contributed by atoms with van der Waals surface area (Å²) in [6, 6.07) is -0.417. The van der Waals surface area contributed by atoms with Gasteiger partial charge < -0.3 is 15.4 Å². The summed E-state index contributed by atoms with van der Waals surface area (Å²) in [5.41, 5.74) is 1.75. The van der Waals surface area contributed by atoms with Gasteiger partial charge in [0.2, 0.25) is 11.7 Å². The number of carbonyl (C=O) groups excluding carboxylic acids is 2. The number of imidazole rings is 1. The van der Waals surface area contributed by atoms with Gasteiger partial charge in [-0.15, -0.1) is 0 Å². The van der Waals surface area contributed by atoms with Crippen LogP contribution in [0.15, 0.2) is 12.5 Å². The van der Waals surface area contributed by atoms with E-state index < -0.39 is 36.5 Å². The van der Waals surface area contributed by atoms with Gasteiger partial charge in [-0.25, -0.2) is 24.1 Å². The summed E-state index contributed by atoms with van der Waals surface area (Å²) in [6.45, 7) is 3.05. The Morgan fingerprint density at radius 3 is 2.66 bits per heavy atom. The molecule has 0 unspecified atom stereocenters. The molecule has 238 valence electrons. The number of piperidine rings is 1. The van der Waals surface area contributed by atoms with E-state index in [1.807, 2.05) is 6.92 Å². The Hall–Kier alpha value is -3.62. The van der Waals surface area contributed by atoms with Crippen molar-refractivity contribution in [2.24, 2.45) is 17.8 Å². The lowest BCUT2D eigenvalue weighted by Gasteiger charge is -2.31. The quantitative estimate of drug-likeness (QED) is 0.391. The van der Waals surface area contributed by atoms with Crippen molar-refractivity contribution in [3.63, 3.8) is 0 Å². The Morgan fingerprint density at radius 2 is 1.93 bits per heavy atom. The number of nitrogens with zero attached hydrogens (tertiary/aromatic N) is 7. The zero-order chi connectivity index (χ0) is 30.8. The van der Waals surface area contributed by atoms with Crippen LogP contribution in [0.2, 0.25) is 0 Å². The van der Waals surface area contributed by atoms with E-state index in [1.165, 1.54) is 15.5 Å². The molecule has 0 aromatic carbocycles. The van der Waals surface area contributed by atoms with E-state index in [1.54, 1.807) is 6.20 Å². The van der Waals surface area contributed by atoms with E-state index >= 15 is 0 Å². The van der Waals surface area contributed by atoms with Crippen molar-refractivity contribution in [1.82, 2.24) is 45.0 Å². The zero-order valence-corrected chi connectivity index (χ0v) is 24.7. The van der Waals surface area contributed by atoms with Crippen LogP contribution in [0.3, 0.4) is 0 Å².